The summed E-state index contributed by atoms with van der Waals surface area (Å²) < 4.78 is 11.0. The highest BCUT2D eigenvalue weighted by atomic mass is 16.5. The van der Waals surface area contributed by atoms with E-state index >= 15 is 0 Å². The zero-order chi connectivity index (χ0) is 16.9. The highest BCUT2D eigenvalue weighted by Gasteiger charge is 2.32. The van der Waals surface area contributed by atoms with E-state index in [0.717, 1.165) is 17.3 Å². The second-order valence-electron chi connectivity index (χ2n) is 5.58. The van der Waals surface area contributed by atoms with Crippen LogP contribution >= 0.6 is 0 Å². The van der Waals surface area contributed by atoms with Gasteiger partial charge in [-0.25, -0.2) is 0 Å². The van der Waals surface area contributed by atoms with Crippen LogP contribution in [0.2, 0.25) is 0 Å². The maximum atomic E-state index is 12.6. The fourth-order valence-corrected chi connectivity index (χ4v) is 2.57. The molecule has 2 rings (SSSR count). The molecule has 0 saturated heterocycles. The Morgan fingerprint density at radius 3 is 2.74 bits per heavy atom. The SMILES string of the molecule is CCCC(C)(OC)C(=O)Nc1ccc(OCC)c2ncccc12. The number of rotatable bonds is 7. The van der Waals surface area contributed by atoms with Gasteiger partial charge < -0.3 is 14.8 Å². The molecule has 124 valence electrons. The van der Waals surface area contributed by atoms with Crippen molar-refractivity contribution in [2.75, 3.05) is 19.0 Å². The molecule has 0 bridgehead atoms. The summed E-state index contributed by atoms with van der Waals surface area (Å²) in [6.45, 7) is 6.33. The molecule has 1 amide bonds. The van der Waals surface area contributed by atoms with Crippen LogP contribution < -0.4 is 10.1 Å². The van der Waals surface area contributed by atoms with Crippen molar-refractivity contribution in [1.82, 2.24) is 4.98 Å². The highest BCUT2D eigenvalue weighted by Crippen LogP contribution is 2.31. The fourth-order valence-electron chi connectivity index (χ4n) is 2.57. The van der Waals surface area contributed by atoms with Crippen LogP contribution in [0.15, 0.2) is 30.5 Å². The van der Waals surface area contributed by atoms with Gasteiger partial charge in [-0.2, -0.15) is 0 Å². The highest BCUT2D eigenvalue weighted by molar-refractivity contribution is 6.05. The number of pyridine rings is 1. The average Bonchev–Trinajstić information content (AvgIpc) is 2.57. The van der Waals surface area contributed by atoms with Crippen LogP contribution in [0.1, 0.15) is 33.6 Å². The first-order valence-corrected chi connectivity index (χ1v) is 7.92. The van der Waals surface area contributed by atoms with Gasteiger partial charge in [-0.15, -0.1) is 0 Å². The molecule has 0 saturated carbocycles. The van der Waals surface area contributed by atoms with Crippen LogP contribution in [0.5, 0.6) is 5.75 Å². The fraction of sp³-hybridized carbons (Fsp3) is 0.444. The summed E-state index contributed by atoms with van der Waals surface area (Å²) in [6.07, 6.45) is 3.23. The van der Waals surface area contributed by atoms with E-state index in [2.05, 4.69) is 10.3 Å². The van der Waals surface area contributed by atoms with E-state index < -0.39 is 5.60 Å². The van der Waals surface area contributed by atoms with Gasteiger partial charge in [-0.1, -0.05) is 13.3 Å². The number of fused-ring (bicyclic) bond motifs is 1. The third-order valence-corrected chi connectivity index (χ3v) is 3.94. The Morgan fingerprint density at radius 1 is 1.30 bits per heavy atom. The van der Waals surface area contributed by atoms with Crippen LogP contribution in [-0.4, -0.2) is 30.2 Å². The van der Waals surface area contributed by atoms with Gasteiger partial charge in [0.2, 0.25) is 0 Å². The maximum Gasteiger partial charge on any atom is 0.256 e. The Hall–Kier alpha value is -2.14. The number of anilines is 1. The lowest BCUT2D eigenvalue weighted by Crippen LogP contribution is -2.41. The van der Waals surface area contributed by atoms with Crippen molar-refractivity contribution in [1.29, 1.82) is 0 Å². The standard InChI is InChI=1S/C18H24N2O3/c1-5-11-18(3,22-4)17(21)20-14-9-10-15(23-6-2)16-13(14)8-7-12-19-16/h7-10,12H,5-6,11H2,1-4H3,(H,20,21). The van der Waals surface area contributed by atoms with E-state index in [4.69, 9.17) is 9.47 Å². The number of ether oxygens (including phenoxy) is 2. The normalized spacial score (nSPS) is 13.6. The summed E-state index contributed by atoms with van der Waals surface area (Å²) in [5, 5.41) is 3.82. The van der Waals surface area contributed by atoms with Crippen molar-refractivity contribution in [2.24, 2.45) is 0 Å². The van der Waals surface area contributed by atoms with Gasteiger partial charge in [-0.05, 0) is 44.5 Å². The molecule has 1 atom stereocenters. The molecule has 1 unspecified atom stereocenters. The van der Waals surface area contributed by atoms with Gasteiger partial charge in [0, 0.05) is 18.7 Å². The largest absolute Gasteiger partial charge is 0.492 e. The summed E-state index contributed by atoms with van der Waals surface area (Å²) >= 11 is 0. The minimum absolute atomic E-state index is 0.156. The molecule has 1 aromatic heterocycles. The smallest absolute Gasteiger partial charge is 0.256 e. The quantitative estimate of drug-likeness (QED) is 0.844. The molecular formula is C18H24N2O3. The van der Waals surface area contributed by atoms with Crippen LogP contribution in [0, 0.1) is 0 Å². The molecule has 0 aliphatic rings. The number of hydrogen-bond donors (Lipinski definition) is 1. The number of methoxy groups -OCH3 is 1. The molecule has 0 aliphatic heterocycles. The van der Waals surface area contributed by atoms with Gasteiger partial charge in [0.1, 0.15) is 16.9 Å². The topological polar surface area (TPSA) is 60.5 Å². The predicted molar refractivity (Wildman–Crippen MR) is 91.9 cm³/mol. The summed E-state index contributed by atoms with van der Waals surface area (Å²) in [4.78, 5) is 17.0. The first-order chi connectivity index (χ1) is 11.1. The van der Waals surface area contributed by atoms with Gasteiger partial charge in [0.15, 0.2) is 0 Å². The number of aromatic nitrogens is 1. The lowest BCUT2D eigenvalue weighted by Gasteiger charge is -2.26. The van der Waals surface area contributed by atoms with E-state index in [9.17, 15) is 4.79 Å². The monoisotopic (exact) mass is 316 g/mol. The van der Waals surface area contributed by atoms with Gasteiger partial charge in [0.25, 0.3) is 5.91 Å². The Morgan fingerprint density at radius 2 is 2.09 bits per heavy atom. The number of nitrogens with zero attached hydrogens (tertiary/aromatic N) is 1. The minimum atomic E-state index is -0.845. The zero-order valence-corrected chi connectivity index (χ0v) is 14.2. The second-order valence-corrected chi connectivity index (χ2v) is 5.58. The van der Waals surface area contributed by atoms with Crippen molar-refractivity contribution in [3.8, 4) is 5.75 Å². The molecule has 0 spiro atoms. The Bertz CT molecular complexity index is 687. The van der Waals surface area contributed by atoms with Crippen LogP contribution in [0.25, 0.3) is 10.9 Å². The van der Waals surface area contributed by atoms with E-state index in [-0.39, 0.29) is 5.91 Å². The molecule has 0 aliphatic carbocycles. The van der Waals surface area contributed by atoms with E-state index in [0.29, 0.717) is 24.5 Å². The molecule has 23 heavy (non-hydrogen) atoms. The van der Waals surface area contributed by atoms with Gasteiger partial charge >= 0.3 is 0 Å². The summed E-state index contributed by atoms with van der Waals surface area (Å²) in [6, 6.07) is 7.44. The third-order valence-electron chi connectivity index (χ3n) is 3.94. The lowest BCUT2D eigenvalue weighted by atomic mass is 9.99. The van der Waals surface area contributed by atoms with Crippen molar-refractivity contribution < 1.29 is 14.3 Å². The Balaban J connectivity index is 2.37. The van der Waals surface area contributed by atoms with Crippen LogP contribution in [0.4, 0.5) is 5.69 Å². The van der Waals surface area contributed by atoms with Crippen molar-refractivity contribution in [3.05, 3.63) is 30.5 Å². The van der Waals surface area contributed by atoms with E-state index in [1.807, 2.05) is 38.1 Å². The van der Waals surface area contributed by atoms with Crippen LogP contribution in [0.3, 0.4) is 0 Å². The number of amides is 1. The van der Waals surface area contributed by atoms with Crippen LogP contribution in [-0.2, 0) is 9.53 Å². The number of carbonyl (C=O) groups is 1. The first kappa shape index (κ1) is 17.2. The molecule has 1 heterocycles. The molecule has 0 fully saturated rings. The Kier molecular flexibility index (Phi) is 5.55. The summed E-state index contributed by atoms with van der Waals surface area (Å²) in [5.74, 6) is 0.556. The van der Waals surface area contributed by atoms with Gasteiger partial charge in [0.05, 0.1) is 12.3 Å². The molecule has 5 nitrogen and oxygen atoms in total. The predicted octanol–water partition coefficient (Wildman–Crippen LogP) is 3.78. The average molecular weight is 316 g/mol. The van der Waals surface area contributed by atoms with E-state index in [1.165, 1.54) is 0 Å². The molecule has 2 aromatic rings. The molecular weight excluding hydrogens is 292 g/mol. The summed E-state index contributed by atoms with van der Waals surface area (Å²) in [7, 11) is 1.56. The number of nitrogens with one attached hydrogen (secondary N) is 1. The van der Waals surface area contributed by atoms with Crippen molar-refractivity contribution >= 4 is 22.5 Å². The number of carbonyl (C=O) groups excluding carboxylic acids is 1. The number of benzene rings is 1. The van der Waals surface area contributed by atoms with Crippen molar-refractivity contribution in [2.45, 2.75) is 39.2 Å². The number of hydrogen-bond acceptors (Lipinski definition) is 4. The minimum Gasteiger partial charge on any atom is -0.492 e. The zero-order valence-electron chi connectivity index (χ0n) is 14.2. The van der Waals surface area contributed by atoms with Crippen molar-refractivity contribution in [3.63, 3.8) is 0 Å². The second kappa shape index (κ2) is 7.42. The van der Waals surface area contributed by atoms with Gasteiger partial charge in [-0.3, -0.25) is 9.78 Å². The molecule has 0 radical (unpaired) electrons. The first-order valence-electron chi connectivity index (χ1n) is 7.92. The molecule has 1 N–H and O–H groups in total. The Labute approximate surface area is 137 Å². The third kappa shape index (κ3) is 3.62. The lowest BCUT2D eigenvalue weighted by molar-refractivity contribution is -0.136. The molecule has 1 aromatic carbocycles. The maximum absolute atomic E-state index is 12.6. The summed E-state index contributed by atoms with van der Waals surface area (Å²) in [5.41, 5.74) is 0.602. The molecule has 5 heteroatoms. The van der Waals surface area contributed by atoms with E-state index in [1.54, 1.807) is 20.2 Å².